The summed E-state index contributed by atoms with van der Waals surface area (Å²) < 4.78 is 7.90. The van der Waals surface area contributed by atoms with E-state index in [4.69, 9.17) is 4.74 Å². The molecule has 1 aliphatic rings. The second-order valence-electron chi connectivity index (χ2n) is 4.94. The van der Waals surface area contributed by atoms with Crippen LogP contribution >= 0.6 is 0 Å². The topological polar surface area (TPSA) is 47.3 Å². The number of rotatable bonds is 3. The van der Waals surface area contributed by atoms with Crippen molar-refractivity contribution < 1.29 is 9.84 Å². The zero-order valence-corrected chi connectivity index (χ0v) is 10.8. The van der Waals surface area contributed by atoms with E-state index < -0.39 is 0 Å². The Balaban J connectivity index is 1.79. The molecular formula is C15H18N2O2. The van der Waals surface area contributed by atoms with E-state index in [2.05, 4.69) is 9.55 Å². The molecule has 1 unspecified atom stereocenters. The fourth-order valence-corrected chi connectivity index (χ4v) is 2.50. The molecule has 0 amide bonds. The minimum atomic E-state index is 0.275. The lowest BCUT2D eigenvalue weighted by molar-refractivity contribution is 0.00624. The van der Waals surface area contributed by atoms with Crippen molar-refractivity contribution in [1.82, 2.24) is 9.55 Å². The van der Waals surface area contributed by atoms with Crippen LogP contribution in [0.15, 0.2) is 36.7 Å². The molecule has 1 fully saturated rings. The van der Waals surface area contributed by atoms with E-state index in [0.717, 1.165) is 31.0 Å². The zero-order chi connectivity index (χ0) is 13.1. The van der Waals surface area contributed by atoms with E-state index in [-0.39, 0.29) is 5.75 Å². The second-order valence-corrected chi connectivity index (χ2v) is 4.94. The van der Waals surface area contributed by atoms with Gasteiger partial charge in [-0.15, -0.1) is 0 Å². The number of phenolic OH excluding ortho intramolecular Hbond substituents is 1. The lowest BCUT2D eigenvalue weighted by atomic mass is 10.1. The molecule has 0 bridgehead atoms. The number of imidazole rings is 1. The van der Waals surface area contributed by atoms with Crippen molar-refractivity contribution in [2.45, 2.75) is 31.9 Å². The molecule has 4 nitrogen and oxygen atoms in total. The van der Waals surface area contributed by atoms with Crippen LogP contribution in [0.2, 0.25) is 0 Å². The number of benzene rings is 1. The molecule has 3 rings (SSSR count). The van der Waals surface area contributed by atoms with Crippen molar-refractivity contribution in [3.63, 3.8) is 0 Å². The normalized spacial score (nSPS) is 19.5. The fourth-order valence-electron chi connectivity index (χ4n) is 2.50. The zero-order valence-electron chi connectivity index (χ0n) is 10.8. The SMILES string of the molecule is Oc1ccc(-c2nccn2CC2CCCCO2)cc1. The largest absolute Gasteiger partial charge is 0.508 e. The van der Waals surface area contributed by atoms with E-state index in [1.807, 2.05) is 24.5 Å². The summed E-state index contributed by atoms with van der Waals surface area (Å²) in [7, 11) is 0. The Morgan fingerprint density at radius 3 is 2.84 bits per heavy atom. The highest BCUT2D eigenvalue weighted by Gasteiger charge is 2.16. The predicted octanol–water partition coefficient (Wildman–Crippen LogP) is 2.82. The first kappa shape index (κ1) is 12.2. The van der Waals surface area contributed by atoms with Gasteiger partial charge in [-0.25, -0.2) is 4.98 Å². The second kappa shape index (κ2) is 5.45. The minimum absolute atomic E-state index is 0.275. The van der Waals surface area contributed by atoms with Gasteiger partial charge in [0.25, 0.3) is 0 Å². The maximum atomic E-state index is 9.34. The quantitative estimate of drug-likeness (QED) is 0.921. The Kier molecular flexibility index (Phi) is 3.51. The van der Waals surface area contributed by atoms with Crippen molar-refractivity contribution in [3.8, 4) is 17.1 Å². The average molecular weight is 258 g/mol. The monoisotopic (exact) mass is 258 g/mol. The van der Waals surface area contributed by atoms with Crippen molar-refractivity contribution >= 4 is 0 Å². The van der Waals surface area contributed by atoms with Crippen molar-refractivity contribution in [1.29, 1.82) is 0 Å². The van der Waals surface area contributed by atoms with Gasteiger partial charge in [-0.1, -0.05) is 0 Å². The molecule has 100 valence electrons. The van der Waals surface area contributed by atoms with Crippen LogP contribution in [-0.2, 0) is 11.3 Å². The lowest BCUT2D eigenvalue weighted by Gasteiger charge is -2.23. The summed E-state index contributed by atoms with van der Waals surface area (Å²) in [6.07, 6.45) is 7.62. The van der Waals surface area contributed by atoms with E-state index in [9.17, 15) is 5.11 Å². The molecule has 1 saturated heterocycles. The minimum Gasteiger partial charge on any atom is -0.508 e. The molecule has 2 aromatic rings. The lowest BCUT2D eigenvalue weighted by Crippen LogP contribution is -2.24. The van der Waals surface area contributed by atoms with Gasteiger partial charge < -0.3 is 14.4 Å². The number of aromatic hydroxyl groups is 1. The molecule has 1 atom stereocenters. The highest BCUT2D eigenvalue weighted by molar-refractivity contribution is 5.56. The Hall–Kier alpha value is -1.81. The standard InChI is InChI=1S/C15H18N2O2/c18-13-6-4-12(5-7-13)15-16-8-9-17(15)11-14-3-1-2-10-19-14/h4-9,14,18H,1-3,10-11H2. The van der Waals surface area contributed by atoms with Gasteiger partial charge in [0.15, 0.2) is 0 Å². The molecule has 1 aromatic carbocycles. The van der Waals surface area contributed by atoms with Gasteiger partial charge >= 0.3 is 0 Å². The highest BCUT2D eigenvalue weighted by atomic mass is 16.5. The molecule has 1 aromatic heterocycles. The first-order chi connectivity index (χ1) is 9.33. The van der Waals surface area contributed by atoms with Crippen LogP contribution in [0.25, 0.3) is 11.4 Å². The van der Waals surface area contributed by atoms with Crippen LogP contribution in [0, 0.1) is 0 Å². The molecule has 0 aliphatic carbocycles. The molecule has 1 aliphatic heterocycles. The summed E-state index contributed by atoms with van der Waals surface area (Å²) >= 11 is 0. The molecule has 0 saturated carbocycles. The van der Waals surface area contributed by atoms with Crippen molar-refractivity contribution in [2.75, 3.05) is 6.61 Å². The van der Waals surface area contributed by atoms with Crippen LogP contribution in [0.4, 0.5) is 0 Å². The number of aromatic nitrogens is 2. The maximum absolute atomic E-state index is 9.34. The summed E-state index contributed by atoms with van der Waals surface area (Å²) in [6, 6.07) is 7.14. The smallest absolute Gasteiger partial charge is 0.139 e. The van der Waals surface area contributed by atoms with Crippen LogP contribution in [-0.4, -0.2) is 27.4 Å². The van der Waals surface area contributed by atoms with Crippen molar-refractivity contribution in [2.24, 2.45) is 0 Å². The van der Waals surface area contributed by atoms with Gasteiger partial charge in [0.05, 0.1) is 12.6 Å². The average Bonchev–Trinajstić information content (AvgIpc) is 2.89. The van der Waals surface area contributed by atoms with Crippen LogP contribution in [0.5, 0.6) is 5.75 Å². The van der Waals surface area contributed by atoms with Gasteiger partial charge in [0.2, 0.25) is 0 Å². The number of ether oxygens (including phenoxy) is 1. The van der Waals surface area contributed by atoms with Crippen LogP contribution in [0.1, 0.15) is 19.3 Å². The number of phenols is 1. The van der Waals surface area contributed by atoms with Gasteiger partial charge in [0.1, 0.15) is 11.6 Å². The summed E-state index contributed by atoms with van der Waals surface area (Å²) in [4.78, 5) is 4.41. The fraction of sp³-hybridized carbons (Fsp3) is 0.400. The Bertz CT molecular complexity index is 527. The molecule has 0 radical (unpaired) electrons. The molecular weight excluding hydrogens is 240 g/mol. The van der Waals surface area contributed by atoms with E-state index >= 15 is 0 Å². The first-order valence-electron chi connectivity index (χ1n) is 6.75. The molecule has 2 heterocycles. The maximum Gasteiger partial charge on any atom is 0.139 e. The van der Waals surface area contributed by atoms with Gasteiger partial charge in [-0.05, 0) is 43.5 Å². The first-order valence-corrected chi connectivity index (χ1v) is 6.75. The molecule has 4 heteroatoms. The summed E-state index contributed by atoms with van der Waals surface area (Å²) in [6.45, 7) is 1.71. The van der Waals surface area contributed by atoms with Gasteiger partial charge in [-0.2, -0.15) is 0 Å². The van der Waals surface area contributed by atoms with Gasteiger partial charge in [0, 0.05) is 24.6 Å². The summed E-state index contributed by atoms with van der Waals surface area (Å²) in [5.74, 6) is 1.20. The Morgan fingerprint density at radius 2 is 2.11 bits per heavy atom. The molecule has 19 heavy (non-hydrogen) atoms. The third-order valence-electron chi connectivity index (χ3n) is 3.52. The third-order valence-corrected chi connectivity index (χ3v) is 3.52. The number of hydrogen-bond acceptors (Lipinski definition) is 3. The van der Waals surface area contributed by atoms with Crippen molar-refractivity contribution in [3.05, 3.63) is 36.7 Å². The molecule has 1 N–H and O–H groups in total. The number of hydrogen-bond donors (Lipinski definition) is 1. The van der Waals surface area contributed by atoms with E-state index in [1.165, 1.54) is 12.8 Å². The Labute approximate surface area is 112 Å². The summed E-state index contributed by atoms with van der Waals surface area (Å²) in [5.41, 5.74) is 1.01. The molecule has 0 spiro atoms. The van der Waals surface area contributed by atoms with Crippen LogP contribution in [0.3, 0.4) is 0 Å². The van der Waals surface area contributed by atoms with Crippen LogP contribution < -0.4 is 0 Å². The summed E-state index contributed by atoms with van der Waals surface area (Å²) in [5, 5.41) is 9.34. The van der Waals surface area contributed by atoms with E-state index in [1.54, 1.807) is 12.1 Å². The Morgan fingerprint density at radius 1 is 1.26 bits per heavy atom. The van der Waals surface area contributed by atoms with E-state index in [0.29, 0.717) is 6.10 Å². The third kappa shape index (κ3) is 2.79. The highest BCUT2D eigenvalue weighted by Crippen LogP contribution is 2.22. The van der Waals surface area contributed by atoms with Gasteiger partial charge in [-0.3, -0.25) is 0 Å². The number of nitrogens with zero attached hydrogens (tertiary/aromatic N) is 2. The predicted molar refractivity (Wildman–Crippen MR) is 72.9 cm³/mol.